The molecular weight excluding hydrogens is 511 g/mol. The van der Waals surface area contributed by atoms with E-state index >= 15 is 0 Å². The Labute approximate surface area is 187 Å². The molecule has 0 aromatic heterocycles. The molecule has 0 radical (unpaired) electrons. The van der Waals surface area contributed by atoms with E-state index in [0.29, 0.717) is 10.0 Å². The zero-order valence-electron chi connectivity index (χ0n) is 16.8. The molecule has 10 nitrogen and oxygen atoms in total. The van der Waals surface area contributed by atoms with Gasteiger partial charge in [-0.05, 0) is 37.6 Å². The van der Waals surface area contributed by atoms with Gasteiger partial charge in [0.15, 0.2) is 0 Å². The van der Waals surface area contributed by atoms with Crippen LogP contribution < -0.4 is 4.74 Å². The molecule has 0 N–H and O–H groups in total. The fourth-order valence-electron chi connectivity index (χ4n) is 2.63. The number of fused-ring (bicyclic) bond motifs is 1. The van der Waals surface area contributed by atoms with Crippen LogP contribution in [-0.2, 0) is 23.8 Å². The number of hydrogen-bond donors (Lipinski definition) is 0. The average molecular weight is 528 g/mol. The van der Waals surface area contributed by atoms with Gasteiger partial charge in [0.2, 0.25) is 12.4 Å². The maximum absolute atomic E-state index is 13.5. The lowest BCUT2D eigenvalue weighted by atomic mass is 9.99. The van der Waals surface area contributed by atoms with Gasteiger partial charge in [0, 0.05) is 17.0 Å². The van der Waals surface area contributed by atoms with Crippen LogP contribution in [0.15, 0.2) is 22.2 Å². The summed E-state index contributed by atoms with van der Waals surface area (Å²) in [6.45, 7) is 3.30. The van der Waals surface area contributed by atoms with E-state index in [4.69, 9.17) is 9.47 Å². The minimum atomic E-state index is -4.93. The summed E-state index contributed by atoms with van der Waals surface area (Å²) in [5.74, 6) is -1.47. The Kier molecular flexibility index (Phi) is 7.93. The first-order valence-electron chi connectivity index (χ1n) is 8.88. The van der Waals surface area contributed by atoms with Crippen molar-refractivity contribution < 1.29 is 51.6 Å². The number of benzene rings is 1. The molecular formula is C18H17BrF3NO9. The molecule has 0 amide bonds. The molecule has 1 aromatic rings. The Balaban J connectivity index is 2.11. The SMILES string of the molecule is Cc1cc(Br)cc2c1OC(C(F)(F)F)C(C(=O)OC(C)OC(=O)O[C@@H](C)CO[N+](=O)[O-])=C2. The monoisotopic (exact) mass is 527 g/mol. The maximum atomic E-state index is 13.5. The van der Waals surface area contributed by atoms with Gasteiger partial charge in [-0.15, -0.1) is 10.1 Å². The van der Waals surface area contributed by atoms with Gasteiger partial charge in [-0.3, -0.25) is 0 Å². The fraction of sp³-hybridized carbons (Fsp3) is 0.444. The molecule has 1 heterocycles. The Bertz CT molecular complexity index is 935. The van der Waals surface area contributed by atoms with Crippen molar-refractivity contribution in [2.75, 3.05) is 6.61 Å². The third-order valence-corrected chi connectivity index (χ3v) is 4.34. The molecule has 32 heavy (non-hydrogen) atoms. The molecule has 176 valence electrons. The lowest BCUT2D eigenvalue weighted by Gasteiger charge is -2.29. The summed E-state index contributed by atoms with van der Waals surface area (Å²) < 4.78 is 60.3. The van der Waals surface area contributed by atoms with E-state index in [1.54, 1.807) is 13.0 Å². The van der Waals surface area contributed by atoms with Gasteiger partial charge in [0.25, 0.3) is 5.09 Å². The molecule has 1 aromatic carbocycles. The van der Waals surface area contributed by atoms with E-state index in [-0.39, 0.29) is 11.3 Å². The summed E-state index contributed by atoms with van der Waals surface area (Å²) in [5.41, 5.74) is -0.210. The van der Waals surface area contributed by atoms with E-state index in [9.17, 15) is 32.9 Å². The molecule has 0 saturated heterocycles. The lowest BCUT2D eigenvalue weighted by molar-refractivity contribution is -0.759. The second-order valence-corrected chi connectivity index (χ2v) is 7.48. The second-order valence-electron chi connectivity index (χ2n) is 6.57. The molecule has 3 atom stereocenters. The van der Waals surface area contributed by atoms with Crippen LogP contribution >= 0.6 is 15.9 Å². The van der Waals surface area contributed by atoms with Crippen LogP contribution in [0.25, 0.3) is 6.08 Å². The molecule has 2 unspecified atom stereocenters. The highest BCUT2D eigenvalue weighted by Crippen LogP contribution is 2.40. The fourth-order valence-corrected chi connectivity index (χ4v) is 3.22. The van der Waals surface area contributed by atoms with Crippen molar-refractivity contribution in [2.45, 2.75) is 45.4 Å². The van der Waals surface area contributed by atoms with Gasteiger partial charge in [0.1, 0.15) is 18.5 Å². The maximum Gasteiger partial charge on any atom is 0.511 e. The van der Waals surface area contributed by atoms with E-state index in [2.05, 4.69) is 30.2 Å². The lowest BCUT2D eigenvalue weighted by Crippen LogP contribution is -2.41. The number of rotatable bonds is 7. The molecule has 0 bridgehead atoms. The van der Waals surface area contributed by atoms with Gasteiger partial charge in [-0.2, -0.15) is 13.2 Å². The first kappa shape index (κ1) is 25.2. The molecule has 0 saturated carbocycles. The van der Waals surface area contributed by atoms with E-state index in [1.807, 2.05) is 0 Å². The zero-order chi connectivity index (χ0) is 24.2. The highest BCUT2D eigenvalue weighted by molar-refractivity contribution is 9.10. The number of alkyl halides is 3. The van der Waals surface area contributed by atoms with Gasteiger partial charge in [-0.1, -0.05) is 15.9 Å². The van der Waals surface area contributed by atoms with Crippen LogP contribution in [0.3, 0.4) is 0 Å². The smallest absolute Gasteiger partial charge is 0.475 e. The van der Waals surface area contributed by atoms with Crippen molar-refractivity contribution in [3.63, 3.8) is 0 Å². The van der Waals surface area contributed by atoms with Crippen molar-refractivity contribution >= 4 is 34.1 Å². The highest BCUT2D eigenvalue weighted by atomic mass is 79.9. The molecule has 1 aliphatic heterocycles. The molecule has 1 aliphatic rings. The molecule has 2 rings (SSSR count). The van der Waals surface area contributed by atoms with Crippen molar-refractivity contribution in [1.82, 2.24) is 0 Å². The summed E-state index contributed by atoms with van der Waals surface area (Å²) in [6, 6.07) is 3.02. The Hall–Kier alpha value is -3.03. The minimum absolute atomic E-state index is 0.0362. The first-order chi connectivity index (χ1) is 14.8. The largest absolute Gasteiger partial charge is 0.511 e. The number of carbonyl (C=O) groups is 2. The van der Waals surface area contributed by atoms with Crippen molar-refractivity contribution in [1.29, 1.82) is 0 Å². The molecule has 0 aliphatic carbocycles. The standard InChI is InChI=1S/C18H17BrF3NO9/c1-8-4-12(19)5-11-6-13(15(18(20,21)22)32-14(8)11)16(24)30-10(3)31-17(25)29-9(2)7-28-23(26)27/h4-6,9-10,15H,7H2,1-3H3/t9-,10?,15?/m0/s1. The normalized spacial score (nSPS) is 17.1. The summed E-state index contributed by atoms with van der Waals surface area (Å²) in [7, 11) is 0. The van der Waals surface area contributed by atoms with Crippen molar-refractivity contribution in [2.24, 2.45) is 0 Å². The van der Waals surface area contributed by atoms with Gasteiger partial charge < -0.3 is 23.8 Å². The highest BCUT2D eigenvalue weighted by Gasteiger charge is 2.49. The minimum Gasteiger partial charge on any atom is -0.475 e. The number of hydrogen-bond acceptors (Lipinski definition) is 9. The third-order valence-electron chi connectivity index (χ3n) is 3.88. The van der Waals surface area contributed by atoms with Gasteiger partial charge in [0.05, 0.1) is 5.57 Å². The number of ether oxygens (including phenoxy) is 4. The number of carbonyl (C=O) groups excluding carboxylic acids is 2. The molecule has 0 spiro atoms. The Morgan fingerprint density at radius 1 is 1.25 bits per heavy atom. The predicted octanol–water partition coefficient (Wildman–Crippen LogP) is 4.10. The van der Waals surface area contributed by atoms with Crippen LogP contribution in [0.1, 0.15) is 25.0 Å². The summed E-state index contributed by atoms with van der Waals surface area (Å²) in [4.78, 5) is 38.2. The average Bonchev–Trinajstić information content (AvgIpc) is 2.64. The Morgan fingerprint density at radius 3 is 2.50 bits per heavy atom. The van der Waals surface area contributed by atoms with Crippen molar-refractivity contribution in [3.05, 3.63) is 43.4 Å². The zero-order valence-corrected chi connectivity index (χ0v) is 18.4. The van der Waals surface area contributed by atoms with E-state index in [1.165, 1.54) is 13.0 Å². The molecule has 0 fully saturated rings. The van der Waals surface area contributed by atoms with Gasteiger partial charge in [-0.25, -0.2) is 9.59 Å². The quantitative estimate of drug-likeness (QED) is 0.223. The van der Waals surface area contributed by atoms with Crippen molar-refractivity contribution in [3.8, 4) is 5.75 Å². The number of aryl methyl sites for hydroxylation is 1. The van der Waals surface area contributed by atoms with Crippen LogP contribution in [0.4, 0.5) is 18.0 Å². The summed E-state index contributed by atoms with van der Waals surface area (Å²) >= 11 is 3.22. The van der Waals surface area contributed by atoms with Crippen LogP contribution in [0, 0.1) is 17.0 Å². The number of halogens is 4. The topological polar surface area (TPSA) is 123 Å². The second kappa shape index (κ2) is 10.1. The van der Waals surface area contributed by atoms with Crippen LogP contribution in [-0.4, -0.2) is 48.5 Å². The number of esters is 1. The first-order valence-corrected chi connectivity index (χ1v) is 9.68. The number of nitrogens with zero attached hydrogens (tertiary/aromatic N) is 1. The Morgan fingerprint density at radius 2 is 1.91 bits per heavy atom. The van der Waals surface area contributed by atoms with Gasteiger partial charge >= 0.3 is 18.3 Å². The predicted molar refractivity (Wildman–Crippen MR) is 103 cm³/mol. The van der Waals surface area contributed by atoms with Crippen LogP contribution in [0.5, 0.6) is 5.75 Å². The van der Waals surface area contributed by atoms with E-state index in [0.717, 1.165) is 13.0 Å². The van der Waals surface area contributed by atoms with Crippen LogP contribution in [0.2, 0.25) is 0 Å². The summed E-state index contributed by atoms with van der Waals surface area (Å²) in [6.07, 6.45) is -10.6. The van der Waals surface area contributed by atoms with E-state index < -0.39 is 54.1 Å². The third kappa shape index (κ3) is 6.73. The molecule has 14 heteroatoms. The summed E-state index contributed by atoms with van der Waals surface area (Å²) in [5, 5.41) is 9.01.